The fourth-order valence-electron chi connectivity index (χ4n) is 2.46. The molecule has 0 saturated carbocycles. The van der Waals surface area contributed by atoms with Gasteiger partial charge in [-0.3, -0.25) is 4.98 Å². The lowest BCUT2D eigenvalue weighted by Crippen LogP contribution is -2.17. The van der Waals surface area contributed by atoms with Gasteiger partial charge in [-0.1, -0.05) is 0 Å². The second-order valence-corrected chi connectivity index (χ2v) is 4.59. The molecule has 1 aromatic carbocycles. The molecule has 1 aliphatic rings. The molecule has 4 heteroatoms. The maximum Gasteiger partial charge on any atom is 0.103 e. The number of hydrogen-bond acceptors (Lipinski definition) is 4. The molecule has 0 unspecified atom stereocenters. The summed E-state index contributed by atoms with van der Waals surface area (Å²) in [6.07, 6.45) is 4.02. The van der Waals surface area contributed by atoms with E-state index in [1.54, 1.807) is 0 Å². The third-order valence-electron chi connectivity index (χ3n) is 3.48. The Kier molecular flexibility index (Phi) is 2.52. The number of nitrogens with zero attached hydrogens (tertiary/aromatic N) is 3. The lowest BCUT2D eigenvalue weighted by molar-refractivity contribution is 0.949. The van der Waals surface area contributed by atoms with E-state index in [1.165, 1.54) is 24.7 Å². The summed E-state index contributed by atoms with van der Waals surface area (Å²) in [5.74, 6) is 0. The average Bonchev–Trinajstić information content (AvgIpc) is 2.93. The minimum atomic E-state index is 0.445. The van der Waals surface area contributed by atoms with Crippen molar-refractivity contribution in [3.63, 3.8) is 0 Å². The molecule has 1 saturated heterocycles. The largest absolute Gasteiger partial charge is 0.397 e. The molecule has 0 atom stereocenters. The molecule has 0 spiro atoms. The molecule has 2 aromatic rings. The molecule has 0 radical (unpaired) electrons. The first-order chi connectivity index (χ1) is 8.79. The second kappa shape index (κ2) is 4.19. The molecule has 2 heterocycles. The molecule has 18 heavy (non-hydrogen) atoms. The van der Waals surface area contributed by atoms with Crippen LogP contribution in [0.2, 0.25) is 0 Å². The van der Waals surface area contributed by atoms with Gasteiger partial charge >= 0.3 is 0 Å². The van der Waals surface area contributed by atoms with Crippen molar-refractivity contribution in [2.24, 2.45) is 0 Å². The lowest BCUT2D eigenvalue weighted by atomic mass is 10.1. The minimum Gasteiger partial charge on any atom is -0.397 e. The van der Waals surface area contributed by atoms with E-state index in [1.807, 2.05) is 12.1 Å². The van der Waals surface area contributed by atoms with Gasteiger partial charge < -0.3 is 10.6 Å². The normalized spacial score (nSPS) is 14.9. The zero-order chi connectivity index (χ0) is 12.5. The van der Waals surface area contributed by atoms with Crippen LogP contribution >= 0.6 is 0 Å². The van der Waals surface area contributed by atoms with Crippen molar-refractivity contribution in [1.82, 2.24) is 4.98 Å². The number of pyridine rings is 1. The zero-order valence-electron chi connectivity index (χ0n) is 10.1. The molecule has 1 aliphatic heterocycles. The van der Waals surface area contributed by atoms with E-state index in [4.69, 9.17) is 11.0 Å². The summed E-state index contributed by atoms with van der Waals surface area (Å²) < 4.78 is 0. The van der Waals surface area contributed by atoms with E-state index in [2.05, 4.69) is 22.0 Å². The number of aromatic nitrogens is 1. The first-order valence-corrected chi connectivity index (χ1v) is 6.13. The molecule has 1 fully saturated rings. The van der Waals surface area contributed by atoms with Crippen LogP contribution in [0.15, 0.2) is 24.4 Å². The first-order valence-electron chi connectivity index (χ1n) is 6.13. The van der Waals surface area contributed by atoms with Crippen LogP contribution < -0.4 is 10.6 Å². The van der Waals surface area contributed by atoms with E-state index in [-0.39, 0.29) is 0 Å². The molecular weight excluding hydrogens is 224 g/mol. The van der Waals surface area contributed by atoms with Gasteiger partial charge in [0.15, 0.2) is 0 Å². The molecule has 0 aliphatic carbocycles. The van der Waals surface area contributed by atoms with Crippen molar-refractivity contribution in [2.45, 2.75) is 12.8 Å². The van der Waals surface area contributed by atoms with Gasteiger partial charge in [0.2, 0.25) is 0 Å². The Balaban J connectivity index is 2.15. The van der Waals surface area contributed by atoms with Gasteiger partial charge in [0.1, 0.15) is 6.07 Å². The highest BCUT2D eigenvalue weighted by atomic mass is 15.1. The minimum absolute atomic E-state index is 0.445. The molecule has 2 N–H and O–H groups in total. The number of anilines is 2. The van der Waals surface area contributed by atoms with Gasteiger partial charge in [-0.15, -0.1) is 0 Å². The Hall–Kier alpha value is -2.28. The van der Waals surface area contributed by atoms with Crippen molar-refractivity contribution >= 4 is 22.3 Å². The zero-order valence-corrected chi connectivity index (χ0v) is 10.1. The summed E-state index contributed by atoms with van der Waals surface area (Å²) in [4.78, 5) is 6.60. The van der Waals surface area contributed by atoms with E-state index in [9.17, 15) is 0 Å². The Morgan fingerprint density at radius 2 is 2.06 bits per heavy atom. The van der Waals surface area contributed by atoms with Crippen LogP contribution in [0.5, 0.6) is 0 Å². The number of rotatable bonds is 1. The molecule has 1 aromatic heterocycles. The highest BCUT2D eigenvalue weighted by molar-refractivity contribution is 5.94. The predicted molar refractivity (Wildman–Crippen MR) is 72.3 cm³/mol. The maximum absolute atomic E-state index is 8.98. The van der Waals surface area contributed by atoms with Crippen LogP contribution in [-0.4, -0.2) is 18.1 Å². The molecule has 90 valence electrons. The highest BCUT2D eigenvalue weighted by Gasteiger charge is 2.14. The summed E-state index contributed by atoms with van der Waals surface area (Å²) >= 11 is 0. The first kappa shape index (κ1) is 10.8. The molecule has 0 bridgehead atoms. The Morgan fingerprint density at radius 1 is 1.28 bits per heavy atom. The SMILES string of the molecule is N#Cc1cnc2ccc(N3CCCC3)cc2c1N. The predicted octanol–water partition coefficient (Wildman–Crippen LogP) is 2.29. The fraction of sp³-hybridized carbons (Fsp3) is 0.286. The topological polar surface area (TPSA) is 65.9 Å². The molecule has 0 amide bonds. The third-order valence-corrected chi connectivity index (χ3v) is 3.48. The van der Waals surface area contributed by atoms with Crippen LogP contribution in [0.4, 0.5) is 11.4 Å². The van der Waals surface area contributed by atoms with Crippen molar-refractivity contribution in [2.75, 3.05) is 23.7 Å². The van der Waals surface area contributed by atoms with Crippen LogP contribution in [0.3, 0.4) is 0 Å². The second-order valence-electron chi connectivity index (χ2n) is 4.59. The molecule has 3 rings (SSSR count). The van der Waals surface area contributed by atoms with E-state index in [0.717, 1.165) is 24.0 Å². The molecule has 4 nitrogen and oxygen atoms in total. The van der Waals surface area contributed by atoms with Gasteiger partial charge in [-0.25, -0.2) is 0 Å². The maximum atomic E-state index is 8.98. The number of nitriles is 1. The third kappa shape index (κ3) is 1.65. The summed E-state index contributed by atoms with van der Waals surface area (Å²) in [7, 11) is 0. The van der Waals surface area contributed by atoms with Crippen LogP contribution in [0.1, 0.15) is 18.4 Å². The number of fused-ring (bicyclic) bond motifs is 1. The van der Waals surface area contributed by atoms with Crippen LogP contribution in [0.25, 0.3) is 10.9 Å². The van der Waals surface area contributed by atoms with Crippen molar-refractivity contribution < 1.29 is 0 Å². The van der Waals surface area contributed by atoms with Crippen LogP contribution in [0, 0.1) is 11.3 Å². The number of nitrogen functional groups attached to an aromatic ring is 1. The van der Waals surface area contributed by atoms with Gasteiger partial charge in [-0.05, 0) is 31.0 Å². The van der Waals surface area contributed by atoms with E-state index in [0.29, 0.717) is 11.3 Å². The Labute approximate surface area is 106 Å². The van der Waals surface area contributed by atoms with E-state index < -0.39 is 0 Å². The Bertz CT molecular complexity index is 636. The fourth-order valence-corrected chi connectivity index (χ4v) is 2.46. The van der Waals surface area contributed by atoms with Crippen molar-refractivity contribution in [1.29, 1.82) is 5.26 Å². The summed E-state index contributed by atoms with van der Waals surface area (Å²) in [6.45, 7) is 2.19. The van der Waals surface area contributed by atoms with Crippen molar-refractivity contribution in [3.8, 4) is 6.07 Å². The summed E-state index contributed by atoms with van der Waals surface area (Å²) in [5.41, 5.74) is 9.00. The quantitative estimate of drug-likeness (QED) is 0.827. The van der Waals surface area contributed by atoms with Gasteiger partial charge in [0.25, 0.3) is 0 Å². The number of hydrogen-bond donors (Lipinski definition) is 1. The van der Waals surface area contributed by atoms with Crippen molar-refractivity contribution in [3.05, 3.63) is 30.0 Å². The van der Waals surface area contributed by atoms with Gasteiger partial charge in [0, 0.05) is 30.4 Å². The average molecular weight is 238 g/mol. The smallest absolute Gasteiger partial charge is 0.103 e. The summed E-state index contributed by atoms with van der Waals surface area (Å²) in [6, 6.07) is 8.17. The highest BCUT2D eigenvalue weighted by Crippen LogP contribution is 2.28. The van der Waals surface area contributed by atoms with E-state index >= 15 is 0 Å². The lowest BCUT2D eigenvalue weighted by Gasteiger charge is -2.18. The van der Waals surface area contributed by atoms with Crippen LogP contribution in [-0.2, 0) is 0 Å². The number of nitrogens with two attached hydrogens (primary N) is 1. The standard InChI is InChI=1S/C14H14N4/c15-8-10-9-17-13-4-3-11(7-12(13)14(10)16)18-5-1-2-6-18/h3-4,7,9H,1-2,5-6H2,(H2,16,17). The molecular formula is C14H14N4. The monoisotopic (exact) mass is 238 g/mol. The number of benzene rings is 1. The Morgan fingerprint density at radius 3 is 2.78 bits per heavy atom. The summed E-state index contributed by atoms with van der Waals surface area (Å²) in [5, 5.41) is 9.85. The van der Waals surface area contributed by atoms with Gasteiger partial charge in [-0.2, -0.15) is 5.26 Å². The van der Waals surface area contributed by atoms with Gasteiger partial charge in [0.05, 0.1) is 16.8 Å².